The summed E-state index contributed by atoms with van der Waals surface area (Å²) in [4.78, 5) is 50.2. The summed E-state index contributed by atoms with van der Waals surface area (Å²) in [5, 5.41) is 0. The molecular weight excluding hydrogens is 406 g/mol. The van der Waals surface area contributed by atoms with Gasteiger partial charge in [-0.05, 0) is 23.8 Å². The van der Waals surface area contributed by atoms with Crippen molar-refractivity contribution in [3.8, 4) is 10.4 Å². The van der Waals surface area contributed by atoms with Crippen molar-refractivity contribution in [3.63, 3.8) is 0 Å². The molecule has 0 fully saturated rings. The molecule has 0 aliphatic carbocycles. The standard InChI is InChI=1S/C21H19N3O5S/c1-23-19(22)18(20(27)24(2)21(23)28)15(25)12-29-17(26)11-9-14-8-10-16(30-14)13-6-4-3-5-7-13/h3-11H,12,22H2,1-2H3/b11-9+. The van der Waals surface area contributed by atoms with Crippen LogP contribution in [-0.2, 0) is 23.6 Å². The van der Waals surface area contributed by atoms with E-state index in [-0.39, 0.29) is 11.4 Å². The van der Waals surface area contributed by atoms with Crippen LogP contribution in [0.2, 0.25) is 0 Å². The molecule has 0 spiro atoms. The quantitative estimate of drug-likeness (QED) is 0.366. The van der Waals surface area contributed by atoms with Crippen LogP contribution >= 0.6 is 11.3 Å². The maximum Gasteiger partial charge on any atom is 0.332 e. The van der Waals surface area contributed by atoms with E-state index in [1.165, 1.54) is 31.5 Å². The first kappa shape index (κ1) is 21.0. The average Bonchev–Trinajstić information content (AvgIpc) is 3.23. The molecule has 30 heavy (non-hydrogen) atoms. The summed E-state index contributed by atoms with van der Waals surface area (Å²) < 4.78 is 6.68. The Morgan fingerprint density at radius 3 is 2.47 bits per heavy atom. The summed E-state index contributed by atoms with van der Waals surface area (Å²) in [5.41, 5.74) is 4.92. The largest absolute Gasteiger partial charge is 0.454 e. The first-order valence-corrected chi connectivity index (χ1v) is 9.70. The molecule has 154 valence electrons. The third kappa shape index (κ3) is 4.31. The fourth-order valence-corrected chi connectivity index (χ4v) is 3.65. The van der Waals surface area contributed by atoms with Crippen LogP contribution < -0.4 is 17.0 Å². The highest BCUT2D eigenvalue weighted by atomic mass is 32.1. The first-order valence-electron chi connectivity index (χ1n) is 8.88. The van der Waals surface area contributed by atoms with Crippen LogP contribution in [0.3, 0.4) is 0 Å². The van der Waals surface area contributed by atoms with Gasteiger partial charge in [-0.1, -0.05) is 30.3 Å². The Bertz CT molecular complexity index is 1250. The Labute approximate surface area is 175 Å². The fourth-order valence-electron chi connectivity index (χ4n) is 2.73. The summed E-state index contributed by atoms with van der Waals surface area (Å²) >= 11 is 1.50. The predicted octanol–water partition coefficient (Wildman–Crippen LogP) is 1.83. The number of ketones is 1. The van der Waals surface area contributed by atoms with Crippen molar-refractivity contribution in [3.05, 3.63) is 79.8 Å². The van der Waals surface area contributed by atoms with Crippen LogP contribution in [0.5, 0.6) is 0 Å². The van der Waals surface area contributed by atoms with Crippen LogP contribution in [-0.4, -0.2) is 27.5 Å². The molecule has 2 aromatic heterocycles. The lowest BCUT2D eigenvalue weighted by Gasteiger charge is -2.10. The maximum atomic E-state index is 12.3. The lowest BCUT2D eigenvalue weighted by atomic mass is 10.2. The second-order valence-electron chi connectivity index (χ2n) is 6.40. The van der Waals surface area contributed by atoms with Gasteiger partial charge in [-0.15, -0.1) is 11.3 Å². The highest BCUT2D eigenvalue weighted by molar-refractivity contribution is 7.16. The van der Waals surface area contributed by atoms with E-state index in [1.807, 2.05) is 42.5 Å². The van der Waals surface area contributed by atoms with E-state index in [0.29, 0.717) is 0 Å². The van der Waals surface area contributed by atoms with Crippen LogP contribution in [0.15, 0.2) is 58.1 Å². The molecule has 0 saturated carbocycles. The van der Waals surface area contributed by atoms with Gasteiger partial charge in [0.25, 0.3) is 5.56 Å². The molecule has 0 unspecified atom stereocenters. The van der Waals surface area contributed by atoms with Gasteiger partial charge in [0.15, 0.2) is 6.61 Å². The monoisotopic (exact) mass is 425 g/mol. The first-order chi connectivity index (χ1) is 14.3. The normalized spacial score (nSPS) is 11.0. The van der Waals surface area contributed by atoms with Gasteiger partial charge in [0, 0.05) is 29.9 Å². The number of ether oxygens (including phenoxy) is 1. The molecule has 0 aliphatic heterocycles. The number of carbonyl (C=O) groups is 2. The number of thiophene rings is 1. The molecule has 0 saturated heterocycles. The van der Waals surface area contributed by atoms with Gasteiger partial charge in [0.1, 0.15) is 11.4 Å². The molecule has 0 radical (unpaired) electrons. The smallest absolute Gasteiger partial charge is 0.332 e. The summed E-state index contributed by atoms with van der Waals surface area (Å²) in [5.74, 6) is -1.79. The van der Waals surface area contributed by atoms with Gasteiger partial charge in [0.2, 0.25) is 5.78 Å². The second kappa shape index (κ2) is 8.75. The van der Waals surface area contributed by atoms with Crippen molar-refractivity contribution in [2.75, 3.05) is 12.3 Å². The van der Waals surface area contributed by atoms with E-state index in [0.717, 1.165) is 24.5 Å². The number of nitrogens with zero attached hydrogens (tertiary/aromatic N) is 2. The maximum absolute atomic E-state index is 12.3. The van der Waals surface area contributed by atoms with Crippen molar-refractivity contribution in [1.29, 1.82) is 0 Å². The Kier molecular flexibility index (Phi) is 6.12. The minimum absolute atomic E-state index is 0.272. The van der Waals surface area contributed by atoms with Crippen LogP contribution in [0.1, 0.15) is 15.2 Å². The van der Waals surface area contributed by atoms with E-state index < -0.39 is 29.6 Å². The van der Waals surface area contributed by atoms with E-state index in [1.54, 1.807) is 6.08 Å². The lowest BCUT2D eigenvalue weighted by Crippen LogP contribution is -2.42. The van der Waals surface area contributed by atoms with Crippen LogP contribution in [0, 0.1) is 0 Å². The third-order valence-electron chi connectivity index (χ3n) is 4.40. The SMILES string of the molecule is Cn1c(N)c(C(=O)COC(=O)/C=C/c2ccc(-c3ccccc3)s2)c(=O)n(C)c1=O. The number of benzene rings is 1. The third-order valence-corrected chi connectivity index (χ3v) is 5.50. The Morgan fingerprint density at radius 1 is 1.07 bits per heavy atom. The number of anilines is 1. The number of Topliss-reactive ketones (excluding diaryl/α,β-unsaturated/α-hetero) is 1. The van der Waals surface area contributed by atoms with Crippen molar-refractivity contribution < 1.29 is 14.3 Å². The number of nitrogen functional groups attached to an aromatic ring is 1. The Hall–Kier alpha value is -3.72. The molecule has 0 amide bonds. The Balaban J connectivity index is 1.66. The Morgan fingerprint density at radius 2 is 1.77 bits per heavy atom. The summed E-state index contributed by atoms with van der Waals surface area (Å²) in [6, 6.07) is 13.6. The van der Waals surface area contributed by atoms with Crippen molar-refractivity contribution >= 4 is 35.0 Å². The van der Waals surface area contributed by atoms with Gasteiger partial charge in [0.05, 0.1) is 0 Å². The van der Waals surface area contributed by atoms with E-state index in [2.05, 4.69) is 0 Å². The summed E-state index contributed by atoms with van der Waals surface area (Å²) in [6.45, 7) is -0.666. The van der Waals surface area contributed by atoms with Gasteiger partial charge in [-0.2, -0.15) is 0 Å². The van der Waals surface area contributed by atoms with Gasteiger partial charge in [-0.25, -0.2) is 9.59 Å². The van der Waals surface area contributed by atoms with Crippen molar-refractivity contribution in [2.24, 2.45) is 14.1 Å². The molecule has 3 aromatic rings. The zero-order valence-electron chi connectivity index (χ0n) is 16.3. The van der Waals surface area contributed by atoms with Gasteiger partial charge >= 0.3 is 11.7 Å². The zero-order valence-corrected chi connectivity index (χ0v) is 17.1. The van der Waals surface area contributed by atoms with Crippen molar-refractivity contribution in [2.45, 2.75) is 0 Å². The zero-order chi connectivity index (χ0) is 21.8. The molecule has 3 rings (SSSR count). The van der Waals surface area contributed by atoms with E-state index >= 15 is 0 Å². The minimum atomic E-state index is -0.834. The molecule has 1 aromatic carbocycles. The predicted molar refractivity (Wildman–Crippen MR) is 115 cm³/mol. The molecule has 0 bridgehead atoms. The van der Waals surface area contributed by atoms with Gasteiger partial charge in [-0.3, -0.25) is 18.7 Å². The van der Waals surface area contributed by atoms with E-state index in [9.17, 15) is 19.2 Å². The molecule has 2 N–H and O–H groups in total. The van der Waals surface area contributed by atoms with Gasteiger partial charge < -0.3 is 10.5 Å². The average molecular weight is 425 g/mol. The molecule has 8 nitrogen and oxygen atoms in total. The molecule has 0 aliphatic rings. The summed E-state index contributed by atoms with van der Waals surface area (Å²) in [7, 11) is 2.58. The fraction of sp³-hybridized carbons (Fsp3) is 0.143. The second-order valence-corrected chi connectivity index (χ2v) is 7.51. The van der Waals surface area contributed by atoms with Crippen LogP contribution in [0.4, 0.5) is 5.82 Å². The number of hydrogen-bond donors (Lipinski definition) is 1. The summed E-state index contributed by atoms with van der Waals surface area (Å²) in [6.07, 6.45) is 2.79. The topological polar surface area (TPSA) is 113 Å². The number of rotatable bonds is 6. The number of hydrogen-bond acceptors (Lipinski definition) is 7. The molecule has 0 atom stereocenters. The number of aromatic nitrogens is 2. The number of nitrogens with two attached hydrogens (primary N) is 1. The van der Waals surface area contributed by atoms with Crippen LogP contribution in [0.25, 0.3) is 16.5 Å². The van der Waals surface area contributed by atoms with Crippen molar-refractivity contribution in [1.82, 2.24) is 9.13 Å². The highest BCUT2D eigenvalue weighted by Gasteiger charge is 2.21. The van der Waals surface area contributed by atoms with E-state index in [4.69, 9.17) is 10.5 Å². The molecule has 2 heterocycles. The number of carbonyl (C=O) groups excluding carboxylic acids is 2. The minimum Gasteiger partial charge on any atom is -0.454 e. The molecular formula is C21H19N3O5S. The lowest BCUT2D eigenvalue weighted by molar-refractivity contribution is -0.136. The highest BCUT2D eigenvalue weighted by Crippen LogP contribution is 2.28. The number of esters is 1. The molecule has 9 heteroatoms.